The maximum Gasteiger partial charge on any atom is 0.287 e. The number of nitrogens with one attached hydrogen (secondary N) is 2. The lowest BCUT2D eigenvalue weighted by Gasteiger charge is -2.32. The van der Waals surface area contributed by atoms with Crippen LogP contribution >= 0.6 is 0 Å². The van der Waals surface area contributed by atoms with Gasteiger partial charge in [0.2, 0.25) is 11.8 Å². The number of halogens is 2. The molecule has 188 valence electrons. The highest BCUT2D eigenvalue weighted by atomic mass is 19.1. The van der Waals surface area contributed by atoms with Crippen LogP contribution in [0.4, 0.5) is 8.78 Å². The van der Waals surface area contributed by atoms with Gasteiger partial charge in [-0.25, -0.2) is 8.78 Å². The van der Waals surface area contributed by atoms with Gasteiger partial charge < -0.3 is 20.0 Å². The van der Waals surface area contributed by atoms with Crippen molar-refractivity contribution in [3.05, 3.63) is 95.4 Å². The van der Waals surface area contributed by atoms with Crippen molar-refractivity contribution in [2.24, 2.45) is 0 Å². The molecule has 1 aliphatic rings. The molecular weight excluding hydrogens is 468 g/mol. The standard InChI is InChI=1S/C27H27F2N3O4/c28-19-13-11-18(12-14-19)17-32(24(33)16-30-26(34)23-10-5-15-36-23)25(21-8-3-4-9-22(21)29)27(35)31-20-6-1-2-7-20/h3-5,8-15,20,25H,1-2,6-7,16-17H2,(H,30,34)(H,31,35)/t25-/m0/s1. The van der Waals surface area contributed by atoms with E-state index in [1.807, 2.05) is 0 Å². The molecule has 1 aromatic heterocycles. The molecule has 0 spiro atoms. The summed E-state index contributed by atoms with van der Waals surface area (Å²) in [7, 11) is 0. The maximum atomic E-state index is 15.0. The first-order valence-corrected chi connectivity index (χ1v) is 11.8. The van der Waals surface area contributed by atoms with Gasteiger partial charge >= 0.3 is 0 Å². The second-order valence-corrected chi connectivity index (χ2v) is 8.72. The highest BCUT2D eigenvalue weighted by Gasteiger charge is 2.35. The molecule has 0 bridgehead atoms. The van der Waals surface area contributed by atoms with Crippen LogP contribution in [0.15, 0.2) is 71.3 Å². The minimum atomic E-state index is -1.30. The molecule has 1 fully saturated rings. The van der Waals surface area contributed by atoms with Gasteiger partial charge in [-0.15, -0.1) is 0 Å². The van der Waals surface area contributed by atoms with Crippen molar-refractivity contribution in [3.8, 4) is 0 Å². The van der Waals surface area contributed by atoms with E-state index in [9.17, 15) is 23.2 Å². The van der Waals surface area contributed by atoms with E-state index in [1.165, 1.54) is 59.7 Å². The van der Waals surface area contributed by atoms with Gasteiger partial charge in [-0.05, 0) is 48.7 Å². The minimum absolute atomic E-state index is 0.0255. The number of carbonyl (C=O) groups excluding carboxylic acids is 3. The summed E-state index contributed by atoms with van der Waals surface area (Å²) >= 11 is 0. The van der Waals surface area contributed by atoms with Crippen molar-refractivity contribution in [2.45, 2.75) is 44.3 Å². The predicted octanol–water partition coefficient (Wildman–Crippen LogP) is 4.12. The second-order valence-electron chi connectivity index (χ2n) is 8.72. The van der Waals surface area contributed by atoms with E-state index in [1.54, 1.807) is 12.1 Å². The van der Waals surface area contributed by atoms with Crippen LogP contribution in [0.3, 0.4) is 0 Å². The monoisotopic (exact) mass is 495 g/mol. The Labute approximate surface area is 207 Å². The van der Waals surface area contributed by atoms with E-state index in [2.05, 4.69) is 10.6 Å². The summed E-state index contributed by atoms with van der Waals surface area (Å²) in [4.78, 5) is 40.5. The first-order valence-electron chi connectivity index (χ1n) is 11.8. The molecule has 1 heterocycles. The SMILES string of the molecule is O=C(NCC(=O)N(Cc1ccc(F)cc1)[C@H](C(=O)NC1CCCC1)c1ccccc1F)c1ccco1. The highest BCUT2D eigenvalue weighted by Crippen LogP contribution is 2.28. The van der Waals surface area contributed by atoms with Gasteiger partial charge in [0.1, 0.15) is 17.7 Å². The number of hydrogen-bond acceptors (Lipinski definition) is 4. The Bertz CT molecular complexity index is 1190. The summed E-state index contributed by atoms with van der Waals surface area (Å²) in [6, 6.07) is 12.9. The van der Waals surface area contributed by atoms with Crippen molar-refractivity contribution in [1.29, 1.82) is 0 Å². The Morgan fingerprint density at radius 3 is 2.36 bits per heavy atom. The van der Waals surface area contributed by atoms with Crippen molar-refractivity contribution in [2.75, 3.05) is 6.54 Å². The van der Waals surface area contributed by atoms with Crippen LogP contribution in [-0.4, -0.2) is 35.2 Å². The normalized spacial score (nSPS) is 14.3. The van der Waals surface area contributed by atoms with Crippen LogP contribution in [0.5, 0.6) is 0 Å². The van der Waals surface area contributed by atoms with E-state index >= 15 is 0 Å². The largest absolute Gasteiger partial charge is 0.459 e. The van der Waals surface area contributed by atoms with Crippen LogP contribution in [-0.2, 0) is 16.1 Å². The molecule has 0 radical (unpaired) electrons. The summed E-state index contributed by atoms with van der Waals surface area (Å²) in [5.74, 6) is -2.80. The van der Waals surface area contributed by atoms with E-state index in [-0.39, 0.29) is 23.9 Å². The van der Waals surface area contributed by atoms with Crippen molar-refractivity contribution < 1.29 is 27.6 Å². The van der Waals surface area contributed by atoms with E-state index < -0.39 is 41.9 Å². The zero-order valence-corrected chi connectivity index (χ0v) is 19.6. The van der Waals surface area contributed by atoms with Crippen LogP contribution < -0.4 is 10.6 Å². The van der Waals surface area contributed by atoms with Crippen molar-refractivity contribution in [3.63, 3.8) is 0 Å². The number of hydrogen-bond donors (Lipinski definition) is 2. The first-order chi connectivity index (χ1) is 17.4. The smallest absolute Gasteiger partial charge is 0.287 e. The molecule has 9 heteroatoms. The summed E-state index contributed by atoms with van der Waals surface area (Å²) in [6.07, 6.45) is 4.90. The highest BCUT2D eigenvalue weighted by molar-refractivity contribution is 5.95. The van der Waals surface area contributed by atoms with Crippen LogP contribution in [0.1, 0.15) is 53.4 Å². The third kappa shape index (κ3) is 6.16. The first kappa shape index (κ1) is 25.1. The molecule has 0 unspecified atom stereocenters. The number of nitrogens with zero attached hydrogens (tertiary/aromatic N) is 1. The fourth-order valence-electron chi connectivity index (χ4n) is 4.36. The maximum absolute atomic E-state index is 15.0. The van der Waals surface area contributed by atoms with Gasteiger partial charge in [-0.1, -0.05) is 43.2 Å². The number of furan rings is 1. The van der Waals surface area contributed by atoms with Gasteiger partial charge in [-0.3, -0.25) is 14.4 Å². The Morgan fingerprint density at radius 1 is 0.972 bits per heavy atom. The van der Waals surface area contributed by atoms with Gasteiger partial charge in [0.15, 0.2) is 5.76 Å². The van der Waals surface area contributed by atoms with Crippen LogP contribution in [0.25, 0.3) is 0 Å². The number of rotatable bonds is 9. The fraction of sp³-hybridized carbons (Fsp3) is 0.296. The number of amides is 3. The summed E-state index contributed by atoms with van der Waals surface area (Å²) in [5.41, 5.74) is 0.568. The summed E-state index contributed by atoms with van der Waals surface area (Å²) in [5, 5.41) is 5.44. The third-order valence-corrected chi connectivity index (χ3v) is 6.19. The van der Waals surface area contributed by atoms with E-state index in [0.717, 1.165) is 25.7 Å². The number of benzene rings is 2. The third-order valence-electron chi connectivity index (χ3n) is 6.19. The average Bonchev–Trinajstić information content (AvgIpc) is 3.59. The lowest BCUT2D eigenvalue weighted by atomic mass is 10.0. The summed E-state index contributed by atoms with van der Waals surface area (Å²) in [6.45, 7) is -0.560. The van der Waals surface area contributed by atoms with Crippen LogP contribution in [0.2, 0.25) is 0 Å². The lowest BCUT2D eigenvalue weighted by Crippen LogP contribution is -2.48. The van der Waals surface area contributed by atoms with Gasteiger partial charge in [0.05, 0.1) is 12.8 Å². The van der Waals surface area contributed by atoms with E-state index in [0.29, 0.717) is 5.56 Å². The Balaban J connectivity index is 1.65. The molecule has 2 N–H and O–H groups in total. The predicted molar refractivity (Wildman–Crippen MR) is 128 cm³/mol. The van der Waals surface area contributed by atoms with Gasteiger partial charge in [-0.2, -0.15) is 0 Å². The topological polar surface area (TPSA) is 91.7 Å². The molecule has 1 aliphatic carbocycles. The molecule has 1 atom stereocenters. The number of carbonyl (C=O) groups is 3. The van der Waals surface area contributed by atoms with Gasteiger partial charge in [0, 0.05) is 18.2 Å². The molecule has 7 nitrogen and oxygen atoms in total. The molecule has 3 aromatic rings. The minimum Gasteiger partial charge on any atom is -0.459 e. The van der Waals surface area contributed by atoms with Crippen LogP contribution in [0, 0.1) is 11.6 Å². The van der Waals surface area contributed by atoms with Gasteiger partial charge in [0.25, 0.3) is 5.91 Å². The molecule has 36 heavy (non-hydrogen) atoms. The molecule has 0 saturated heterocycles. The Kier molecular flexibility index (Phi) is 8.10. The van der Waals surface area contributed by atoms with Crippen molar-refractivity contribution in [1.82, 2.24) is 15.5 Å². The quantitative estimate of drug-likeness (QED) is 0.467. The molecule has 0 aliphatic heterocycles. The summed E-state index contributed by atoms with van der Waals surface area (Å²) < 4.78 is 33.5. The molecular formula is C27H27F2N3O4. The van der Waals surface area contributed by atoms with Crippen molar-refractivity contribution >= 4 is 17.7 Å². The zero-order valence-electron chi connectivity index (χ0n) is 19.6. The lowest BCUT2D eigenvalue weighted by molar-refractivity contribution is -0.141. The molecule has 3 amide bonds. The molecule has 1 saturated carbocycles. The zero-order chi connectivity index (χ0) is 25.5. The molecule has 4 rings (SSSR count). The second kappa shape index (κ2) is 11.6. The fourth-order valence-corrected chi connectivity index (χ4v) is 4.36. The Morgan fingerprint density at radius 2 is 1.69 bits per heavy atom. The molecule has 2 aromatic carbocycles. The van der Waals surface area contributed by atoms with E-state index in [4.69, 9.17) is 4.42 Å². The Hall–Kier alpha value is -4.01. The average molecular weight is 496 g/mol.